The van der Waals surface area contributed by atoms with E-state index in [1.807, 2.05) is 0 Å². The van der Waals surface area contributed by atoms with Crippen LogP contribution < -0.4 is 5.32 Å². The summed E-state index contributed by atoms with van der Waals surface area (Å²) in [6.07, 6.45) is 3.43. The van der Waals surface area contributed by atoms with Gasteiger partial charge in [0.05, 0.1) is 10.9 Å². The van der Waals surface area contributed by atoms with Crippen LogP contribution in [0.4, 0.5) is 14.6 Å². The minimum Gasteiger partial charge on any atom is -0.442 e. The third-order valence-corrected chi connectivity index (χ3v) is 5.38. The van der Waals surface area contributed by atoms with E-state index in [1.165, 1.54) is 17.3 Å². The van der Waals surface area contributed by atoms with Gasteiger partial charge in [-0.3, -0.25) is 4.79 Å². The average molecular weight is 400 g/mol. The van der Waals surface area contributed by atoms with Crippen LogP contribution in [0, 0.1) is 25.5 Å². The number of nitrogens with zero attached hydrogens (tertiary/aromatic N) is 3. The molecule has 29 heavy (non-hydrogen) atoms. The lowest BCUT2D eigenvalue weighted by Crippen LogP contribution is -2.27. The van der Waals surface area contributed by atoms with E-state index >= 15 is 0 Å². The van der Waals surface area contributed by atoms with Crippen molar-refractivity contribution in [2.75, 3.05) is 12.4 Å². The van der Waals surface area contributed by atoms with Gasteiger partial charge in [-0.05, 0) is 45.2 Å². The van der Waals surface area contributed by atoms with Gasteiger partial charge in [-0.15, -0.1) is 0 Å². The molecule has 6 nitrogen and oxygen atoms in total. The summed E-state index contributed by atoms with van der Waals surface area (Å²) in [6.45, 7) is 5.32. The number of fused-ring (bicyclic) bond motifs is 1. The van der Waals surface area contributed by atoms with Gasteiger partial charge in [0.1, 0.15) is 29.5 Å². The molecule has 8 heteroatoms. The maximum absolute atomic E-state index is 14.2. The van der Waals surface area contributed by atoms with Crippen molar-refractivity contribution in [3.8, 4) is 0 Å². The molecule has 1 N–H and O–H groups in total. The molecule has 1 fully saturated rings. The third-order valence-electron chi connectivity index (χ3n) is 5.38. The average Bonchev–Trinajstić information content (AvgIpc) is 3.27. The van der Waals surface area contributed by atoms with Crippen molar-refractivity contribution in [3.05, 3.63) is 52.5 Å². The molecule has 1 aromatic carbocycles. The molecule has 152 valence electrons. The van der Waals surface area contributed by atoms with E-state index in [4.69, 9.17) is 4.42 Å². The van der Waals surface area contributed by atoms with E-state index < -0.39 is 11.6 Å². The zero-order chi connectivity index (χ0) is 20.9. The van der Waals surface area contributed by atoms with Crippen LogP contribution in [-0.4, -0.2) is 33.4 Å². The molecule has 0 saturated heterocycles. The van der Waals surface area contributed by atoms with Crippen LogP contribution in [0.25, 0.3) is 11.1 Å². The molecule has 2 aromatic heterocycles. The number of nitrogens with one attached hydrogen (secondary N) is 1. The van der Waals surface area contributed by atoms with Crippen molar-refractivity contribution in [3.63, 3.8) is 0 Å². The molecule has 4 rings (SSSR count). The first-order valence-electron chi connectivity index (χ1n) is 9.41. The number of amides is 1. The minimum absolute atomic E-state index is 0.00787. The second-order valence-corrected chi connectivity index (χ2v) is 7.98. The molecular formula is C21H22F2N4O2. The second-order valence-electron chi connectivity index (χ2n) is 7.98. The fraction of sp³-hybridized carbons (Fsp3) is 0.381. The first-order valence-corrected chi connectivity index (χ1v) is 9.41. The molecule has 2 heterocycles. The maximum atomic E-state index is 14.2. The Morgan fingerprint density at radius 1 is 1.24 bits per heavy atom. The van der Waals surface area contributed by atoms with E-state index in [2.05, 4.69) is 22.2 Å². The minimum atomic E-state index is -0.686. The van der Waals surface area contributed by atoms with Gasteiger partial charge >= 0.3 is 0 Å². The predicted octanol–water partition coefficient (Wildman–Crippen LogP) is 4.35. The number of aromatic nitrogens is 2. The number of anilines is 1. The highest BCUT2D eigenvalue weighted by molar-refractivity contribution is 6.10. The number of carbonyl (C=O) groups is 1. The van der Waals surface area contributed by atoms with Gasteiger partial charge in [0, 0.05) is 30.8 Å². The van der Waals surface area contributed by atoms with Crippen LogP contribution in [0.15, 0.2) is 22.9 Å². The summed E-state index contributed by atoms with van der Waals surface area (Å²) in [7, 11) is 1.57. The van der Waals surface area contributed by atoms with Gasteiger partial charge in [-0.25, -0.2) is 18.7 Å². The number of carbonyl (C=O) groups excluding carboxylic acids is 1. The Hall–Kier alpha value is -3.03. The van der Waals surface area contributed by atoms with Crippen molar-refractivity contribution in [1.82, 2.24) is 14.9 Å². The fourth-order valence-electron chi connectivity index (χ4n) is 3.35. The molecule has 1 aliphatic rings. The second kappa shape index (κ2) is 6.79. The van der Waals surface area contributed by atoms with E-state index in [1.54, 1.807) is 20.9 Å². The summed E-state index contributed by atoms with van der Waals surface area (Å²) < 4.78 is 33.4. The summed E-state index contributed by atoms with van der Waals surface area (Å²) >= 11 is 0. The predicted molar refractivity (Wildman–Crippen MR) is 105 cm³/mol. The van der Waals surface area contributed by atoms with Crippen LogP contribution in [0.3, 0.4) is 0 Å². The molecule has 0 atom stereocenters. The molecule has 0 spiro atoms. The maximum Gasteiger partial charge on any atom is 0.258 e. The molecule has 1 aliphatic carbocycles. The van der Waals surface area contributed by atoms with Crippen LogP contribution in [0.5, 0.6) is 0 Å². The summed E-state index contributed by atoms with van der Waals surface area (Å²) in [4.78, 5) is 23.1. The van der Waals surface area contributed by atoms with Crippen molar-refractivity contribution < 1.29 is 18.0 Å². The van der Waals surface area contributed by atoms with Gasteiger partial charge in [-0.2, -0.15) is 0 Å². The molecule has 0 radical (unpaired) electrons. The molecule has 1 amide bonds. The van der Waals surface area contributed by atoms with Crippen LogP contribution >= 0.6 is 0 Å². The van der Waals surface area contributed by atoms with Gasteiger partial charge in [0.2, 0.25) is 5.71 Å². The normalized spacial score (nSPS) is 14.8. The Labute approximate surface area is 166 Å². The quantitative estimate of drug-likeness (QED) is 0.689. The number of benzene rings is 1. The Kier molecular flexibility index (Phi) is 4.52. The van der Waals surface area contributed by atoms with Crippen LogP contribution in [0.2, 0.25) is 0 Å². The van der Waals surface area contributed by atoms with Gasteiger partial charge in [0.15, 0.2) is 0 Å². The van der Waals surface area contributed by atoms with Gasteiger partial charge in [-0.1, -0.05) is 0 Å². The number of rotatable bonds is 5. The van der Waals surface area contributed by atoms with Crippen molar-refractivity contribution >= 4 is 22.8 Å². The van der Waals surface area contributed by atoms with E-state index in [0.29, 0.717) is 33.8 Å². The molecule has 3 aromatic rings. The number of hydrogen-bond acceptors (Lipinski definition) is 5. The monoisotopic (exact) mass is 400 g/mol. The smallest absolute Gasteiger partial charge is 0.258 e. The fourth-order valence-corrected chi connectivity index (χ4v) is 3.35. The lowest BCUT2D eigenvalue weighted by atomic mass is 10.1. The lowest BCUT2D eigenvalue weighted by molar-refractivity contribution is 0.0783. The standard InChI is InChI=1S/C21H22F2N4O2/c1-11-7-13(15(23)8-14(11)22)9-27(4)20(28)16-12(2)29-19-17(16)18(24-10-25-19)26-21(3)5-6-21/h7-8,10H,5-6,9H2,1-4H3,(H,24,25,26). The number of hydrogen-bond donors (Lipinski definition) is 1. The van der Waals surface area contributed by atoms with E-state index in [0.717, 1.165) is 18.9 Å². The molecular weight excluding hydrogens is 378 g/mol. The summed E-state index contributed by atoms with van der Waals surface area (Å²) in [5, 5.41) is 3.89. The number of aryl methyl sites for hydroxylation is 2. The largest absolute Gasteiger partial charge is 0.442 e. The van der Waals surface area contributed by atoms with E-state index in [-0.39, 0.29) is 23.6 Å². The Bertz CT molecular complexity index is 1120. The highest BCUT2D eigenvalue weighted by atomic mass is 19.1. The highest BCUT2D eigenvalue weighted by Gasteiger charge is 2.38. The molecule has 1 saturated carbocycles. The van der Waals surface area contributed by atoms with E-state index in [9.17, 15) is 13.6 Å². The summed E-state index contributed by atoms with van der Waals surface area (Å²) in [5.41, 5.74) is 1.18. The SMILES string of the molecule is Cc1cc(CN(C)C(=O)c2c(C)oc3ncnc(NC4(C)CC4)c23)c(F)cc1F. The van der Waals surface area contributed by atoms with Crippen LogP contribution in [-0.2, 0) is 6.54 Å². The molecule has 0 unspecified atom stereocenters. The third kappa shape index (κ3) is 3.54. The Balaban J connectivity index is 1.69. The topological polar surface area (TPSA) is 71.3 Å². The first kappa shape index (κ1) is 19.3. The van der Waals surface area contributed by atoms with Crippen molar-refractivity contribution in [2.45, 2.75) is 45.7 Å². The van der Waals surface area contributed by atoms with Crippen molar-refractivity contribution in [1.29, 1.82) is 0 Å². The van der Waals surface area contributed by atoms with Crippen molar-refractivity contribution in [2.24, 2.45) is 0 Å². The first-order chi connectivity index (χ1) is 13.7. The van der Waals surface area contributed by atoms with Crippen LogP contribution in [0.1, 0.15) is 47.0 Å². The lowest BCUT2D eigenvalue weighted by Gasteiger charge is -2.19. The number of halogens is 2. The highest BCUT2D eigenvalue weighted by Crippen LogP contribution is 2.40. The van der Waals surface area contributed by atoms with Gasteiger partial charge in [0.25, 0.3) is 5.91 Å². The summed E-state index contributed by atoms with van der Waals surface area (Å²) in [5.74, 6) is -0.682. The zero-order valence-corrected chi connectivity index (χ0v) is 16.8. The zero-order valence-electron chi connectivity index (χ0n) is 16.8. The Morgan fingerprint density at radius 2 is 1.97 bits per heavy atom. The number of furan rings is 1. The molecule has 0 aliphatic heterocycles. The summed E-state index contributed by atoms with van der Waals surface area (Å²) in [6, 6.07) is 2.26. The molecule has 0 bridgehead atoms. The van der Waals surface area contributed by atoms with Gasteiger partial charge < -0.3 is 14.6 Å². The Morgan fingerprint density at radius 3 is 2.66 bits per heavy atom.